The number of esters is 1. The fourth-order valence-electron chi connectivity index (χ4n) is 2.47. The highest BCUT2D eigenvalue weighted by Crippen LogP contribution is 2.15. The van der Waals surface area contributed by atoms with Crippen LogP contribution in [0.1, 0.15) is 26.7 Å². The number of para-hydroxylation sites is 1. The van der Waals surface area contributed by atoms with Crippen molar-refractivity contribution in [3.63, 3.8) is 0 Å². The molecule has 1 saturated heterocycles. The molecule has 0 N–H and O–H groups in total. The number of carbonyl (C=O) groups excluding carboxylic acids is 2. The molecule has 1 aliphatic rings. The number of carbonyl (C=O) groups is 2. The molecule has 132 valence electrons. The van der Waals surface area contributed by atoms with Gasteiger partial charge in [-0.1, -0.05) is 18.2 Å². The van der Waals surface area contributed by atoms with E-state index in [-0.39, 0.29) is 12.0 Å². The highest BCUT2D eigenvalue weighted by atomic mass is 16.6. The van der Waals surface area contributed by atoms with Gasteiger partial charge >= 0.3 is 5.97 Å². The van der Waals surface area contributed by atoms with Crippen molar-refractivity contribution in [2.75, 3.05) is 25.2 Å². The second kappa shape index (κ2) is 8.80. The SMILES string of the molecule is CC(OCC1CCCO1)C(=O)OC(C)C(=O)N(C)c1ccccc1. The topological polar surface area (TPSA) is 65.1 Å². The number of rotatable bonds is 7. The second-order valence-corrected chi connectivity index (χ2v) is 5.92. The lowest BCUT2D eigenvalue weighted by Gasteiger charge is -2.23. The third kappa shape index (κ3) is 5.04. The minimum atomic E-state index is -0.878. The summed E-state index contributed by atoms with van der Waals surface area (Å²) in [6, 6.07) is 9.20. The molecule has 1 aliphatic heterocycles. The van der Waals surface area contributed by atoms with Gasteiger partial charge in [-0.25, -0.2) is 4.79 Å². The fraction of sp³-hybridized carbons (Fsp3) is 0.556. The zero-order valence-electron chi connectivity index (χ0n) is 14.4. The van der Waals surface area contributed by atoms with E-state index in [4.69, 9.17) is 14.2 Å². The summed E-state index contributed by atoms with van der Waals surface area (Å²) >= 11 is 0. The van der Waals surface area contributed by atoms with E-state index < -0.39 is 18.2 Å². The minimum absolute atomic E-state index is 0.0449. The Morgan fingerprint density at radius 2 is 1.96 bits per heavy atom. The van der Waals surface area contributed by atoms with Gasteiger partial charge in [-0.15, -0.1) is 0 Å². The molecule has 0 aromatic heterocycles. The molecule has 0 spiro atoms. The van der Waals surface area contributed by atoms with E-state index >= 15 is 0 Å². The molecular weight excluding hydrogens is 310 g/mol. The van der Waals surface area contributed by atoms with Crippen LogP contribution < -0.4 is 4.90 Å². The summed E-state index contributed by atoms with van der Waals surface area (Å²) in [5.74, 6) is -0.837. The van der Waals surface area contributed by atoms with E-state index in [2.05, 4.69) is 0 Å². The van der Waals surface area contributed by atoms with Gasteiger partial charge in [0.1, 0.15) is 0 Å². The van der Waals surface area contributed by atoms with Gasteiger partial charge in [-0.2, -0.15) is 0 Å². The van der Waals surface area contributed by atoms with Crippen LogP contribution in [0.25, 0.3) is 0 Å². The van der Waals surface area contributed by atoms with Crippen molar-refractivity contribution in [1.82, 2.24) is 0 Å². The van der Waals surface area contributed by atoms with Crippen molar-refractivity contribution in [3.8, 4) is 0 Å². The van der Waals surface area contributed by atoms with Crippen LogP contribution in [-0.2, 0) is 23.8 Å². The van der Waals surface area contributed by atoms with Crippen LogP contribution in [0.4, 0.5) is 5.69 Å². The minimum Gasteiger partial charge on any atom is -0.451 e. The van der Waals surface area contributed by atoms with E-state index in [0.717, 1.165) is 25.1 Å². The Balaban J connectivity index is 1.80. The summed E-state index contributed by atoms with van der Waals surface area (Å²) < 4.78 is 16.2. The Hall–Kier alpha value is -1.92. The van der Waals surface area contributed by atoms with Crippen molar-refractivity contribution in [2.24, 2.45) is 0 Å². The maximum absolute atomic E-state index is 12.4. The standard InChI is InChI=1S/C18H25NO5/c1-13(17(20)19(3)15-8-5-4-6-9-15)24-18(21)14(2)23-12-16-10-7-11-22-16/h4-6,8-9,13-14,16H,7,10-12H2,1-3H3. The first-order valence-electron chi connectivity index (χ1n) is 8.25. The molecule has 0 radical (unpaired) electrons. The summed E-state index contributed by atoms with van der Waals surface area (Å²) in [4.78, 5) is 25.9. The number of hydrogen-bond donors (Lipinski definition) is 0. The molecule has 1 heterocycles. The Kier molecular flexibility index (Phi) is 6.75. The monoisotopic (exact) mass is 335 g/mol. The van der Waals surface area contributed by atoms with Crippen LogP contribution in [0.15, 0.2) is 30.3 Å². The molecule has 0 bridgehead atoms. The summed E-state index contributed by atoms with van der Waals surface area (Å²) in [6.45, 7) is 4.29. The van der Waals surface area contributed by atoms with Crippen LogP contribution in [0.3, 0.4) is 0 Å². The summed E-state index contributed by atoms with van der Waals surface area (Å²) in [5, 5.41) is 0. The van der Waals surface area contributed by atoms with Gasteiger partial charge in [0, 0.05) is 19.3 Å². The number of anilines is 1. The van der Waals surface area contributed by atoms with E-state index in [1.807, 2.05) is 30.3 Å². The molecule has 24 heavy (non-hydrogen) atoms. The van der Waals surface area contributed by atoms with Crippen LogP contribution >= 0.6 is 0 Å². The highest BCUT2D eigenvalue weighted by Gasteiger charge is 2.26. The van der Waals surface area contributed by atoms with Crippen LogP contribution in [0.5, 0.6) is 0 Å². The third-order valence-electron chi connectivity index (χ3n) is 4.00. The van der Waals surface area contributed by atoms with Crippen LogP contribution in [0.2, 0.25) is 0 Å². The maximum Gasteiger partial charge on any atom is 0.335 e. The number of ether oxygens (including phenoxy) is 3. The normalized spacial score (nSPS) is 19.5. The first-order valence-corrected chi connectivity index (χ1v) is 8.25. The lowest BCUT2D eigenvalue weighted by molar-refractivity contribution is -0.165. The van der Waals surface area contributed by atoms with Crippen molar-refractivity contribution in [3.05, 3.63) is 30.3 Å². The molecule has 1 aromatic rings. The van der Waals surface area contributed by atoms with Gasteiger partial charge in [-0.05, 0) is 38.8 Å². The van der Waals surface area contributed by atoms with Gasteiger partial charge in [0.25, 0.3) is 5.91 Å². The summed E-state index contributed by atoms with van der Waals surface area (Å²) in [7, 11) is 1.65. The number of hydrogen-bond acceptors (Lipinski definition) is 5. The fourth-order valence-corrected chi connectivity index (χ4v) is 2.47. The first kappa shape index (κ1) is 18.4. The van der Waals surface area contributed by atoms with E-state index in [1.165, 1.54) is 4.90 Å². The van der Waals surface area contributed by atoms with Gasteiger partial charge in [0.2, 0.25) is 0 Å². The van der Waals surface area contributed by atoms with Crippen molar-refractivity contribution in [1.29, 1.82) is 0 Å². The number of benzene rings is 1. The molecule has 0 aliphatic carbocycles. The van der Waals surface area contributed by atoms with Crippen LogP contribution in [-0.4, -0.2) is 50.4 Å². The quantitative estimate of drug-likeness (QED) is 0.715. The lowest BCUT2D eigenvalue weighted by Crippen LogP contribution is -2.39. The van der Waals surface area contributed by atoms with Crippen molar-refractivity contribution in [2.45, 2.75) is 45.0 Å². The van der Waals surface area contributed by atoms with Gasteiger partial charge in [-0.3, -0.25) is 4.79 Å². The Labute approximate surface area is 142 Å². The average molecular weight is 335 g/mol. The summed E-state index contributed by atoms with van der Waals surface area (Å²) in [5.41, 5.74) is 0.744. The molecule has 3 unspecified atom stereocenters. The van der Waals surface area contributed by atoms with E-state index in [9.17, 15) is 9.59 Å². The van der Waals surface area contributed by atoms with Gasteiger partial charge in [0.15, 0.2) is 12.2 Å². The zero-order chi connectivity index (χ0) is 17.5. The zero-order valence-corrected chi connectivity index (χ0v) is 14.4. The number of amides is 1. The van der Waals surface area contributed by atoms with Crippen molar-refractivity contribution < 1.29 is 23.8 Å². The Morgan fingerprint density at radius 3 is 2.58 bits per heavy atom. The first-order chi connectivity index (χ1) is 11.5. The Bertz CT molecular complexity index is 542. The molecule has 0 saturated carbocycles. The van der Waals surface area contributed by atoms with Crippen LogP contribution in [0, 0.1) is 0 Å². The molecule has 1 fully saturated rings. The molecular formula is C18H25NO5. The van der Waals surface area contributed by atoms with Gasteiger partial charge < -0.3 is 19.1 Å². The Morgan fingerprint density at radius 1 is 1.25 bits per heavy atom. The molecule has 3 atom stereocenters. The molecule has 1 aromatic carbocycles. The van der Waals surface area contributed by atoms with E-state index in [0.29, 0.717) is 6.61 Å². The molecule has 6 heteroatoms. The third-order valence-corrected chi connectivity index (χ3v) is 4.00. The smallest absolute Gasteiger partial charge is 0.335 e. The predicted octanol–water partition coefficient (Wildman–Crippen LogP) is 2.17. The van der Waals surface area contributed by atoms with Crippen molar-refractivity contribution >= 4 is 17.6 Å². The number of likely N-dealkylation sites (N-methyl/N-ethyl adjacent to an activating group) is 1. The lowest BCUT2D eigenvalue weighted by atomic mass is 10.2. The highest BCUT2D eigenvalue weighted by molar-refractivity contribution is 5.97. The molecule has 2 rings (SSSR count). The molecule has 1 amide bonds. The predicted molar refractivity (Wildman–Crippen MR) is 89.8 cm³/mol. The summed E-state index contributed by atoms with van der Waals surface area (Å²) in [6.07, 6.45) is 0.398. The number of nitrogens with zero attached hydrogens (tertiary/aromatic N) is 1. The average Bonchev–Trinajstić information content (AvgIpc) is 3.12. The molecule has 6 nitrogen and oxygen atoms in total. The second-order valence-electron chi connectivity index (χ2n) is 5.92. The largest absolute Gasteiger partial charge is 0.451 e. The van der Waals surface area contributed by atoms with Gasteiger partial charge in [0.05, 0.1) is 12.7 Å². The maximum atomic E-state index is 12.4. The van der Waals surface area contributed by atoms with E-state index in [1.54, 1.807) is 20.9 Å².